The third-order valence-electron chi connectivity index (χ3n) is 2.17. The van der Waals surface area contributed by atoms with Crippen molar-refractivity contribution in [1.82, 2.24) is 4.90 Å². The minimum atomic E-state index is -0.330. The van der Waals surface area contributed by atoms with Crippen molar-refractivity contribution in [2.75, 3.05) is 19.7 Å². The van der Waals surface area contributed by atoms with Crippen LogP contribution in [0.25, 0.3) is 0 Å². The molecule has 74 valence electrons. The number of hydrogen-bond donors (Lipinski definition) is 2. The van der Waals surface area contributed by atoms with Crippen molar-refractivity contribution in [1.29, 1.82) is 0 Å². The van der Waals surface area contributed by atoms with E-state index in [2.05, 4.69) is 11.8 Å². The third kappa shape index (κ3) is 4.04. The molecule has 0 aromatic heterocycles. The highest BCUT2D eigenvalue weighted by molar-refractivity contribution is 4.71. The molecule has 0 heterocycles. The second kappa shape index (κ2) is 6.40. The van der Waals surface area contributed by atoms with Gasteiger partial charge in [0.25, 0.3) is 0 Å². The molecular formula is C9H21NO2. The quantitative estimate of drug-likeness (QED) is 0.616. The predicted molar refractivity (Wildman–Crippen MR) is 50.1 cm³/mol. The monoisotopic (exact) mass is 175 g/mol. The first-order chi connectivity index (χ1) is 5.63. The predicted octanol–water partition coefficient (Wildman–Crippen LogP) is 0.460. The van der Waals surface area contributed by atoms with Gasteiger partial charge in [-0.2, -0.15) is 0 Å². The molecule has 0 saturated heterocycles. The van der Waals surface area contributed by atoms with Gasteiger partial charge in [-0.15, -0.1) is 0 Å². The molecular weight excluding hydrogens is 154 g/mol. The lowest BCUT2D eigenvalue weighted by Gasteiger charge is -2.29. The van der Waals surface area contributed by atoms with Crippen molar-refractivity contribution in [2.24, 2.45) is 0 Å². The highest BCUT2D eigenvalue weighted by Crippen LogP contribution is 2.04. The first-order valence-corrected chi connectivity index (χ1v) is 4.66. The van der Waals surface area contributed by atoms with Crippen LogP contribution < -0.4 is 0 Å². The maximum Gasteiger partial charge on any atom is 0.0664 e. The van der Waals surface area contributed by atoms with Gasteiger partial charge in [0.2, 0.25) is 0 Å². The van der Waals surface area contributed by atoms with Crippen LogP contribution in [0.1, 0.15) is 27.2 Å². The van der Waals surface area contributed by atoms with Crippen LogP contribution in [0.5, 0.6) is 0 Å². The van der Waals surface area contributed by atoms with E-state index in [1.54, 1.807) is 6.92 Å². The highest BCUT2D eigenvalue weighted by Gasteiger charge is 2.16. The molecule has 2 unspecified atom stereocenters. The van der Waals surface area contributed by atoms with Gasteiger partial charge in [-0.1, -0.05) is 6.92 Å². The molecule has 0 radical (unpaired) electrons. The molecule has 0 fully saturated rings. The summed E-state index contributed by atoms with van der Waals surface area (Å²) in [4.78, 5) is 2.10. The van der Waals surface area contributed by atoms with Crippen LogP contribution in [0.3, 0.4) is 0 Å². The zero-order valence-corrected chi connectivity index (χ0v) is 8.32. The first kappa shape index (κ1) is 11.9. The lowest BCUT2D eigenvalue weighted by Crippen LogP contribution is -2.42. The molecule has 0 saturated carbocycles. The van der Waals surface area contributed by atoms with Crippen molar-refractivity contribution in [3.8, 4) is 0 Å². The Bertz CT molecular complexity index is 101. The summed E-state index contributed by atoms with van der Waals surface area (Å²) in [6.07, 6.45) is 0.722. The summed E-state index contributed by atoms with van der Waals surface area (Å²) < 4.78 is 0. The Labute approximate surface area is 75.0 Å². The van der Waals surface area contributed by atoms with Crippen LogP contribution in [-0.4, -0.2) is 47.0 Å². The molecule has 0 aromatic carbocycles. The summed E-state index contributed by atoms with van der Waals surface area (Å²) in [7, 11) is 0. The minimum Gasteiger partial charge on any atom is -0.395 e. The summed E-state index contributed by atoms with van der Waals surface area (Å²) in [6, 6.07) is 0.136. The second-order valence-electron chi connectivity index (χ2n) is 3.24. The number of rotatable bonds is 6. The molecule has 0 aliphatic heterocycles. The topological polar surface area (TPSA) is 43.7 Å². The number of nitrogens with zero attached hydrogens (tertiary/aromatic N) is 1. The maximum absolute atomic E-state index is 9.32. The Morgan fingerprint density at radius 1 is 1.25 bits per heavy atom. The van der Waals surface area contributed by atoms with Gasteiger partial charge in [-0.25, -0.2) is 0 Å². The molecule has 2 atom stereocenters. The van der Waals surface area contributed by atoms with E-state index in [0.29, 0.717) is 6.54 Å². The normalized spacial score (nSPS) is 16.5. The van der Waals surface area contributed by atoms with Gasteiger partial charge in [-0.05, 0) is 26.8 Å². The zero-order valence-electron chi connectivity index (χ0n) is 8.32. The van der Waals surface area contributed by atoms with Crippen LogP contribution in [0.15, 0.2) is 0 Å². The molecule has 12 heavy (non-hydrogen) atoms. The number of aliphatic hydroxyl groups excluding tert-OH is 2. The van der Waals surface area contributed by atoms with Gasteiger partial charge in [-0.3, -0.25) is 4.90 Å². The van der Waals surface area contributed by atoms with E-state index >= 15 is 0 Å². The Hall–Kier alpha value is -0.120. The molecule has 2 N–H and O–H groups in total. The van der Waals surface area contributed by atoms with E-state index in [4.69, 9.17) is 5.11 Å². The Morgan fingerprint density at radius 2 is 1.83 bits per heavy atom. The molecule has 0 aromatic rings. The molecule has 0 bridgehead atoms. The van der Waals surface area contributed by atoms with Gasteiger partial charge < -0.3 is 10.2 Å². The molecule has 0 aliphatic rings. The smallest absolute Gasteiger partial charge is 0.0664 e. The SMILES string of the molecule is CCCN(CCO)C(C)C(C)O. The standard InChI is InChI=1S/C9H21NO2/c1-4-5-10(6-7-11)8(2)9(3)12/h8-9,11-12H,4-7H2,1-3H3. The molecule has 0 rings (SSSR count). The van der Waals surface area contributed by atoms with Gasteiger partial charge in [0.1, 0.15) is 0 Å². The molecule has 0 aliphatic carbocycles. The number of hydrogen-bond acceptors (Lipinski definition) is 3. The lowest BCUT2D eigenvalue weighted by molar-refractivity contribution is 0.0594. The average molecular weight is 175 g/mol. The van der Waals surface area contributed by atoms with E-state index in [-0.39, 0.29) is 18.8 Å². The summed E-state index contributed by atoms with van der Waals surface area (Å²) >= 11 is 0. The van der Waals surface area contributed by atoms with Crippen LogP contribution in [0.4, 0.5) is 0 Å². The van der Waals surface area contributed by atoms with E-state index < -0.39 is 0 Å². The Balaban J connectivity index is 3.89. The molecule has 3 nitrogen and oxygen atoms in total. The maximum atomic E-state index is 9.32. The highest BCUT2D eigenvalue weighted by atomic mass is 16.3. The molecule has 0 spiro atoms. The Kier molecular flexibility index (Phi) is 6.34. The van der Waals surface area contributed by atoms with Gasteiger partial charge in [0.05, 0.1) is 12.7 Å². The zero-order chi connectivity index (χ0) is 9.56. The van der Waals surface area contributed by atoms with E-state index in [0.717, 1.165) is 13.0 Å². The summed E-state index contributed by atoms with van der Waals surface area (Å²) in [5, 5.41) is 18.1. The van der Waals surface area contributed by atoms with Crippen LogP contribution in [0, 0.1) is 0 Å². The van der Waals surface area contributed by atoms with Crippen molar-refractivity contribution < 1.29 is 10.2 Å². The van der Waals surface area contributed by atoms with Gasteiger partial charge >= 0.3 is 0 Å². The van der Waals surface area contributed by atoms with Gasteiger partial charge in [0.15, 0.2) is 0 Å². The lowest BCUT2D eigenvalue weighted by atomic mass is 10.1. The average Bonchev–Trinajstić information content (AvgIpc) is 2.03. The molecule has 3 heteroatoms. The molecule has 0 amide bonds. The number of aliphatic hydroxyl groups is 2. The summed E-state index contributed by atoms with van der Waals surface area (Å²) in [5.74, 6) is 0. The van der Waals surface area contributed by atoms with Crippen molar-refractivity contribution in [3.05, 3.63) is 0 Å². The fourth-order valence-electron chi connectivity index (χ4n) is 1.24. The second-order valence-corrected chi connectivity index (χ2v) is 3.24. The van der Waals surface area contributed by atoms with Crippen molar-refractivity contribution in [2.45, 2.75) is 39.3 Å². The van der Waals surface area contributed by atoms with E-state index in [9.17, 15) is 5.11 Å². The third-order valence-corrected chi connectivity index (χ3v) is 2.17. The van der Waals surface area contributed by atoms with E-state index in [1.165, 1.54) is 0 Å². The van der Waals surface area contributed by atoms with Crippen LogP contribution in [-0.2, 0) is 0 Å². The van der Waals surface area contributed by atoms with Crippen molar-refractivity contribution >= 4 is 0 Å². The van der Waals surface area contributed by atoms with Crippen LogP contribution >= 0.6 is 0 Å². The van der Waals surface area contributed by atoms with Gasteiger partial charge in [0, 0.05) is 12.6 Å². The fourth-order valence-corrected chi connectivity index (χ4v) is 1.24. The Morgan fingerprint density at radius 3 is 2.17 bits per heavy atom. The van der Waals surface area contributed by atoms with E-state index in [1.807, 2.05) is 6.92 Å². The van der Waals surface area contributed by atoms with Crippen molar-refractivity contribution in [3.63, 3.8) is 0 Å². The summed E-state index contributed by atoms with van der Waals surface area (Å²) in [5.41, 5.74) is 0. The largest absolute Gasteiger partial charge is 0.395 e. The fraction of sp³-hybridized carbons (Fsp3) is 1.00. The van der Waals surface area contributed by atoms with Crippen LogP contribution in [0.2, 0.25) is 0 Å². The first-order valence-electron chi connectivity index (χ1n) is 4.66. The minimum absolute atomic E-state index is 0.136. The summed E-state index contributed by atoms with van der Waals surface area (Å²) in [6.45, 7) is 7.61.